The second-order valence-electron chi connectivity index (χ2n) is 3.60. The van der Waals surface area contributed by atoms with Crippen molar-refractivity contribution in [1.29, 1.82) is 0 Å². The number of benzene rings is 1. The molecule has 3 aromatic rings. The van der Waals surface area contributed by atoms with Gasteiger partial charge in [0.15, 0.2) is 5.58 Å². The third-order valence-corrected chi connectivity index (χ3v) is 2.54. The molecule has 1 aromatic carbocycles. The van der Waals surface area contributed by atoms with E-state index in [1.165, 1.54) is 16.8 Å². The highest BCUT2D eigenvalue weighted by atomic mass is 16.3. The fourth-order valence-electron chi connectivity index (χ4n) is 1.77. The van der Waals surface area contributed by atoms with Gasteiger partial charge in [-0.25, -0.2) is 4.79 Å². The lowest BCUT2D eigenvalue weighted by Crippen LogP contribution is -2.27. The predicted octanol–water partition coefficient (Wildman–Crippen LogP) is 1.27. The van der Waals surface area contributed by atoms with Crippen LogP contribution in [0.3, 0.4) is 0 Å². The number of aromatic nitrogens is 2. The Kier molecular flexibility index (Phi) is 1.98. The Balaban J connectivity index is 2.38. The van der Waals surface area contributed by atoms with Crippen LogP contribution in [0.5, 0.6) is 0 Å². The van der Waals surface area contributed by atoms with Gasteiger partial charge < -0.3 is 4.42 Å². The molecule has 84 valence electrons. The fraction of sp³-hybridized carbons (Fsp3) is 0. The molecule has 0 atom stereocenters. The summed E-state index contributed by atoms with van der Waals surface area (Å²) in [7, 11) is 0. The molecule has 0 aliphatic heterocycles. The van der Waals surface area contributed by atoms with Crippen LogP contribution in [0.15, 0.2) is 56.8 Å². The van der Waals surface area contributed by atoms with Crippen molar-refractivity contribution >= 4 is 11.0 Å². The number of furan rings is 1. The van der Waals surface area contributed by atoms with Gasteiger partial charge in [-0.2, -0.15) is 0 Å². The molecule has 0 saturated carbocycles. The van der Waals surface area contributed by atoms with E-state index in [0.29, 0.717) is 11.3 Å². The van der Waals surface area contributed by atoms with Crippen LogP contribution in [0.25, 0.3) is 16.7 Å². The molecule has 0 radical (unpaired) electrons. The van der Waals surface area contributed by atoms with E-state index >= 15 is 0 Å². The van der Waals surface area contributed by atoms with E-state index in [1.807, 2.05) is 18.2 Å². The van der Waals surface area contributed by atoms with Crippen LogP contribution in [0.1, 0.15) is 0 Å². The summed E-state index contributed by atoms with van der Waals surface area (Å²) in [5.74, 6) is 0. The molecule has 0 amide bonds. The van der Waals surface area contributed by atoms with E-state index in [0.717, 1.165) is 5.39 Å². The Morgan fingerprint density at radius 3 is 2.82 bits per heavy atom. The van der Waals surface area contributed by atoms with E-state index in [4.69, 9.17) is 4.42 Å². The second-order valence-corrected chi connectivity index (χ2v) is 3.60. The van der Waals surface area contributed by atoms with Crippen LogP contribution >= 0.6 is 0 Å². The number of nitrogens with one attached hydrogen (secondary N) is 1. The molecule has 5 heteroatoms. The van der Waals surface area contributed by atoms with Crippen LogP contribution in [-0.4, -0.2) is 9.55 Å². The van der Waals surface area contributed by atoms with Crippen molar-refractivity contribution < 1.29 is 4.42 Å². The minimum atomic E-state index is -0.485. The standard InChI is InChI=1S/C12H8N2O3/c15-10-4-6-14(12(16)13-10)9-3-1-2-8-5-7-17-11(8)9/h1-7H,(H,13,15,16). The van der Waals surface area contributed by atoms with Crippen LogP contribution < -0.4 is 11.2 Å². The van der Waals surface area contributed by atoms with Crippen molar-refractivity contribution in [2.24, 2.45) is 0 Å². The normalized spacial score (nSPS) is 10.8. The minimum absolute atomic E-state index is 0.419. The number of fused-ring (bicyclic) bond motifs is 1. The van der Waals surface area contributed by atoms with Gasteiger partial charge in [0.25, 0.3) is 5.56 Å². The number of hydrogen-bond donors (Lipinski definition) is 1. The van der Waals surface area contributed by atoms with Crippen molar-refractivity contribution in [3.63, 3.8) is 0 Å². The maximum Gasteiger partial charge on any atom is 0.333 e. The van der Waals surface area contributed by atoms with Crippen LogP contribution in [0.4, 0.5) is 0 Å². The summed E-state index contributed by atoms with van der Waals surface area (Å²) in [6, 6.07) is 8.58. The van der Waals surface area contributed by atoms with E-state index < -0.39 is 11.2 Å². The fourth-order valence-corrected chi connectivity index (χ4v) is 1.77. The molecule has 5 nitrogen and oxygen atoms in total. The quantitative estimate of drug-likeness (QED) is 0.682. The lowest BCUT2D eigenvalue weighted by Gasteiger charge is -2.04. The highest BCUT2D eigenvalue weighted by molar-refractivity contribution is 5.84. The molecule has 0 spiro atoms. The molecule has 17 heavy (non-hydrogen) atoms. The number of rotatable bonds is 1. The summed E-state index contributed by atoms with van der Waals surface area (Å²) in [6.45, 7) is 0. The van der Waals surface area contributed by atoms with Crippen molar-refractivity contribution in [3.8, 4) is 5.69 Å². The number of H-pyrrole nitrogens is 1. The van der Waals surface area contributed by atoms with Gasteiger partial charge in [0.1, 0.15) is 0 Å². The van der Waals surface area contributed by atoms with Crippen LogP contribution in [-0.2, 0) is 0 Å². The van der Waals surface area contributed by atoms with Gasteiger partial charge in [-0.15, -0.1) is 0 Å². The van der Waals surface area contributed by atoms with E-state index in [2.05, 4.69) is 4.98 Å². The van der Waals surface area contributed by atoms with Crippen LogP contribution in [0.2, 0.25) is 0 Å². The lowest BCUT2D eigenvalue weighted by molar-refractivity contribution is 0.612. The third kappa shape index (κ3) is 1.48. The molecular formula is C12H8N2O3. The zero-order valence-corrected chi connectivity index (χ0v) is 8.71. The smallest absolute Gasteiger partial charge is 0.333 e. The Bertz CT molecular complexity index is 795. The molecule has 3 rings (SSSR count). The van der Waals surface area contributed by atoms with E-state index in [1.54, 1.807) is 12.3 Å². The van der Waals surface area contributed by atoms with Crippen molar-refractivity contribution in [2.75, 3.05) is 0 Å². The largest absolute Gasteiger partial charge is 0.462 e. The number of aromatic amines is 1. The average molecular weight is 228 g/mol. The Morgan fingerprint density at radius 2 is 2.00 bits per heavy atom. The first-order chi connectivity index (χ1) is 8.25. The van der Waals surface area contributed by atoms with Gasteiger partial charge in [0, 0.05) is 17.6 Å². The predicted molar refractivity (Wildman–Crippen MR) is 62.4 cm³/mol. The summed E-state index contributed by atoms with van der Waals surface area (Å²) >= 11 is 0. The van der Waals surface area contributed by atoms with Gasteiger partial charge in [-0.1, -0.05) is 12.1 Å². The molecule has 0 bridgehead atoms. The maximum atomic E-state index is 11.7. The van der Waals surface area contributed by atoms with Gasteiger partial charge in [-0.3, -0.25) is 14.3 Å². The molecule has 0 saturated heterocycles. The van der Waals surface area contributed by atoms with Crippen molar-refractivity contribution in [1.82, 2.24) is 9.55 Å². The lowest BCUT2D eigenvalue weighted by atomic mass is 10.2. The topological polar surface area (TPSA) is 68.0 Å². The first kappa shape index (κ1) is 9.65. The molecule has 2 heterocycles. The van der Waals surface area contributed by atoms with Gasteiger partial charge >= 0.3 is 5.69 Å². The summed E-state index contributed by atoms with van der Waals surface area (Å²) in [5, 5.41) is 0.903. The zero-order valence-electron chi connectivity index (χ0n) is 8.71. The molecule has 0 aliphatic carbocycles. The number of hydrogen-bond acceptors (Lipinski definition) is 3. The number of nitrogens with zero attached hydrogens (tertiary/aromatic N) is 1. The molecule has 2 aromatic heterocycles. The second kappa shape index (κ2) is 3.48. The SMILES string of the molecule is O=c1ccn(-c2cccc3ccoc23)c(=O)[nH]1. The summed E-state index contributed by atoms with van der Waals surface area (Å²) < 4.78 is 6.68. The zero-order chi connectivity index (χ0) is 11.8. The maximum absolute atomic E-state index is 11.7. The highest BCUT2D eigenvalue weighted by Gasteiger charge is 2.07. The molecule has 0 unspecified atom stereocenters. The monoisotopic (exact) mass is 228 g/mol. The molecule has 0 aliphatic rings. The summed E-state index contributed by atoms with van der Waals surface area (Å²) in [5.41, 5.74) is 0.315. The van der Waals surface area contributed by atoms with Crippen molar-refractivity contribution in [3.05, 3.63) is 63.6 Å². The molecule has 1 N–H and O–H groups in total. The molecular weight excluding hydrogens is 220 g/mol. The average Bonchev–Trinajstić information content (AvgIpc) is 2.77. The minimum Gasteiger partial charge on any atom is -0.462 e. The van der Waals surface area contributed by atoms with Crippen molar-refractivity contribution in [2.45, 2.75) is 0 Å². The van der Waals surface area contributed by atoms with Crippen LogP contribution in [0, 0.1) is 0 Å². The highest BCUT2D eigenvalue weighted by Crippen LogP contribution is 2.21. The summed E-state index contributed by atoms with van der Waals surface area (Å²) in [6.07, 6.45) is 2.99. The van der Waals surface area contributed by atoms with Gasteiger partial charge in [0.05, 0.1) is 12.0 Å². The Labute approximate surface area is 94.9 Å². The van der Waals surface area contributed by atoms with Gasteiger partial charge in [-0.05, 0) is 12.1 Å². The first-order valence-electron chi connectivity index (χ1n) is 5.04. The van der Waals surface area contributed by atoms with Gasteiger partial charge in [0.2, 0.25) is 0 Å². The third-order valence-electron chi connectivity index (χ3n) is 2.54. The number of para-hydroxylation sites is 1. The van der Waals surface area contributed by atoms with E-state index in [9.17, 15) is 9.59 Å². The first-order valence-corrected chi connectivity index (χ1v) is 5.04. The van der Waals surface area contributed by atoms with E-state index in [-0.39, 0.29) is 0 Å². The molecule has 0 fully saturated rings. The Morgan fingerprint density at radius 1 is 1.12 bits per heavy atom. The Hall–Kier alpha value is -2.56. The summed E-state index contributed by atoms with van der Waals surface area (Å²) in [4.78, 5) is 24.9.